The van der Waals surface area contributed by atoms with Gasteiger partial charge in [0.15, 0.2) is 5.22 Å². The molecule has 1 atom stereocenters. The summed E-state index contributed by atoms with van der Waals surface area (Å²) in [6, 6.07) is 4.04. The molecule has 1 heterocycles. The summed E-state index contributed by atoms with van der Waals surface area (Å²) in [5.41, 5.74) is 0. The molecular formula is C10H14ClNO. The lowest BCUT2D eigenvalue weighted by atomic mass is 10.2. The van der Waals surface area contributed by atoms with Crippen LogP contribution in [0.1, 0.15) is 19.1 Å². The second-order valence-corrected chi connectivity index (χ2v) is 3.38. The number of nitrogens with one attached hydrogen (secondary N) is 1. The molecule has 0 saturated carbocycles. The fourth-order valence-corrected chi connectivity index (χ4v) is 1.22. The first-order chi connectivity index (χ1) is 6.22. The van der Waals surface area contributed by atoms with Crippen molar-refractivity contribution in [2.45, 2.75) is 25.9 Å². The summed E-state index contributed by atoms with van der Waals surface area (Å²) in [5.74, 6) is 0.862. The quantitative estimate of drug-likeness (QED) is 0.738. The third-order valence-corrected chi connectivity index (χ3v) is 1.98. The van der Waals surface area contributed by atoms with Crippen molar-refractivity contribution in [3.63, 3.8) is 0 Å². The first-order valence-electron chi connectivity index (χ1n) is 4.31. The average molecular weight is 200 g/mol. The van der Waals surface area contributed by atoms with E-state index in [0.29, 0.717) is 17.8 Å². The highest BCUT2D eigenvalue weighted by atomic mass is 35.5. The molecular weight excluding hydrogens is 186 g/mol. The minimum Gasteiger partial charge on any atom is -0.448 e. The first kappa shape index (κ1) is 10.4. The molecule has 0 bridgehead atoms. The molecule has 0 amide bonds. The van der Waals surface area contributed by atoms with Crippen molar-refractivity contribution < 1.29 is 4.42 Å². The standard InChI is InChI=1S/C10H14ClNO/c1-3-4-8(2)12-7-9-5-6-10(11)13-9/h3,5-6,8,12H,1,4,7H2,2H3. The number of hydrogen-bond acceptors (Lipinski definition) is 2. The average Bonchev–Trinajstić information content (AvgIpc) is 2.49. The predicted octanol–water partition coefficient (Wildman–Crippen LogP) is 2.99. The Morgan fingerprint density at radius 1 is 1.69 bits per heavy atom. The first-order valence-corrected chi connectivity index (χ1v) is 4.68. The lowest BCUT2D eigenvalue weighted by Gasteiger charge is -2.09. The molecule has 0 aliphatic heterocycles. The van der Waals surface area contributed by atoms with Crippen molar-refractivity contribution >= 4 is 11.6 Å². The van der Waals surface area contributed by atoms with E-state index in [1.165, 1.54) is 0 Å². The SMILES string of the molecule is C=CCC(C)NCc1ccc(Cl)o1. The van der Waals surface area contributed by atoms with Crippen LogP contribution in [-0.2, 0) is 6.54 Å². The highest BCUT2D eigenvalue weighted by molar-refractivity contribution is 6.28. The Morgan fingerprint density at radius 2 is 2.46 bits per heavy atom. The Balaban J connectivity index is 2.30. The molecule has 0 spiro atoms. The van der Waals surface area contributed by atoms with Gasteiger partial charge in [-0.1, -0.05) is 6.08 Å². The van der Waals surface area contributed by atoms with E-state index >= 15 is 0 Å². The molecule has 2 nitrogen and oxygen atoms in total. The summed E-state index contributed by atoms with van der Waals surface area (Å²) in [4.78, 5) is 0. The summed E-state index contributed by atoms with van der Waals surface area (Å²) < 4.78 is 5.19. The topological polar surface area (TPSA) is 25.2 Å². The van der Waals surface area contributed by atoms with Crippen LogP contribution in [-0.4, -0.2) is 6.04 Å². The molecule has 0 aromatic carbocycles. The molecule has 3 heteroatoms. The van der Waals surface area contributed by atoms with Gasteiger partial charge in [0, 0.05) is 6.04 Å². The predicted molar refractivity (Wildman–Crippen MR) is 54.8 cm³/mol. The van der Waals surface area contributed by atoms with Crippen molar-refractivity contribution in [2.75, 3.05) is 0 Å². The maximum Gasteiger partial charge on any atom is 0.193 e. The van der Waals surface area contributed by atoms with E-state index in [1.807, 2.05) is 12.1 Å². The number of hydrogen-bond donors (Lipinski definition) is 1. The van der Waals surface area contributed by atoms with Gasteiger partial charge in [0.1, 0.15) is 5.76 Å². The second kappa shape index (κ2) is 5.10. The van der Waals surface area contributed by atoms with Gasteiger partial charge < -0.3 is 9.73 Å². The normalized spacial score (nSPS) is 12.8. The van der Waals surface area contributed by atoms with E-state index < -0.39 is 0 Å². The summed E-state index contributed by atoms with van der Waals surface area (Å²) >= 11 is 5.63. The maximum absolute atomic E-state index is 5.63. The highest BCUT2D eigenvalue weighted by Crippen LogP contribution is 2.12. The largest absolute Gasteiger partial charge is 0.448 e. The van der Waals surface area contributed by atoms with Crippen LogP contribution >= 0.6 is 11.6 Å². The van der Waals surface area contributed by atoms with Gasteiger partial charge in [-0.2, -0.15) is 0 Å². The smallest absolute Gasteiger partial charge is 0.193 e. The molecule has 1 aromatic rings. The Kier molecular flexibility index (Phi) is 4.06. The van der Waals surface area contributed by atoms with Gasteiger partial charge in [-0.25, -0.2) is 0 Å². The van der Waals surface area contributed by atoms with Crippen LogP contribution in [0.5, 0.6) is 0 Å². The van der Waals surface area contributed by atoms with Crippen molar-refractivity contribution in [3.05, 3.63) is 35.8 Å². The fraction of sp³-hybridized carbons (Fsp3) is 0.400. The van der Waals surface area contributed by atoms with Crippen LogP contribution in [0.15, 0.2) is 29.2 Å². The van der Waals surface area contributed by atoms with Crippen molar-refractivity contribution in [3.8, 4) is 0 Å². The van der Waals surface area contributed by atoms with Crippen molar-refractivity contribution in [1.82, 2.24) is 5.32 Å². The van der Waals surface area contributed by atoms with E-state index in [-0.39, 0.29) is 0 Å². The van der Waals surface area contributed by atoms with Gasteiger partial charge in [-0.15, -0.1) is 6.58 Å². The Morgan fingerprint density at radius 3 is 3.00 bits per heavy atom. The second-order valence-electron chi connectivity index (χ2n) is 3.01. The third-order valence-electron chi connectivity index (χ3n) is 1.77. The molecule has 0 saturated heterocycles. The minimum atomic E-state index is 0.418. The van der Waals surface area contributed by atoms with E-state index in [1.54, 1.807) is 6.07 Å². The molecule has 13 heavy (non-hydrogen) atoms. The maximum atomic E-state index is 5.63. The fourth-order valence-electron chi connectivity index (χ4n) is 1.05. The zero-order valence-electron chi connectivity index (χ0n) is 7.72. The Labute approximate surface area is 83.6 Å². The van der Waals surface area contributed by atoms with Gasteiger partial charge in [0.2, 0.25) is 0 Å². The molecule has 0 fully saturated rings. The van der Waals surface area contributed by atoms with Crippen LogP contribution < -0.4 is 5.32 Å². The third kappa shape index (κ3) is 3.66. The van der Waals surface area contributed by atoms with E-state index in [0.717, 1.165) is 12.2 Å². The number of halogens is 1. The molecule has 0 radical (unpaired) electrons. The van der Waals surface area contributed by atoms with Crippen molar-refractivity contribution in [1.29, 1.82) is 0 Å². The Hall–Kier alpha value is -0.730. The van der Waals surface area contributed by atoms with Gasteiger partial charge in [-0.05, 0) is 37.1 Å². The van der Waals surface area contributed by atoms with Gasteiger partial charge >= 0.3 is 0 Å². The Bertz CT molecular complexity index is 270. The van der Waals surface area contributed by atoms with Crippen LogP contribution in [0.25, 0.3) is 0 Å². The molecule has 0 aliphatic rings. The molecule has 72 valence electrons. The van der Waals surface area contributed by atoms with Crippen molar-refractivity contribution in [2.24, 2.45) is 0 Å². The van der Waals surface area contributed by atoms with E-state index in [9.17, 15) is 0 Å². The van der Waals surface area contributed by atoms with Gasteiger partial charge in [-0.3, -0.25) is 0 Å². The van der Waals surface area contributed by atoms with Gasteiger partial charge in [0.05, 0.1) is 6.54 Å². The van der Waals surface area contributed by atoms with Crippen LogP contribution in [0.3, 0.4) is 0 Å². The zero-order valence-corrected chi connectivity index (χ0v) is 8.47. The molecule has 1 rings (SSSR count). The lowest BCUT2D eigenvalue weighted by Crippen LogP contribution is -2.24. The van der Waals surface area contributed by atoms with Crippen LogP contribution in [0.4, 0.5) is 0 Å². The summed E-state index contributed by atoms with van der Waals surface area (Å²) in [5, 5.41) is 3.73. The zero-order chi connectivity index (χ0) is 9.68. The number of rotatable bonds is 5. The van der Waals surface area contributed by atoms with E-state index in [2.05, 4.69) is 18.8 Å². The molecule has 0 aliphatic carbocycles. The summed E-state index contributed by atoms with van der Waals surface area (Å²) in [6.07, 6.45) is 2.85. The molecule has 1 N–H and O–H groups in total. The van der Waals surface area contributed by atoms with E-state index in [4.69, 9.17) is 16.0 Å². The monoisotopic (exact) mass is 199 g/mol. The van der Waals surface area contributed by atoms with Gasteiger partial charge in [0.25, 0.3) is 0 Å². The molecule has 1 aromatic heterocycles. The summed E-state index contributed by atoms with van der Waals surface area (Å²) in [6.45, 7) is 6.49. The lowest BCUT2D eigenvalue weighted by molar-refractivity contribution is 0.457. The van der Waals surface area contributed by atoms with Crippen LogP contribution in [0, 0.1) is 0 Å². The number of furan rings is 1. The highest BCUT2D eigenvalue weighted by Gasteiger charge is 2.01. The summed E-state index contributed by atoms with van der Waals surface area (Å²) in [7, 11) is 0. The van der Waals surface area contributed by atoms with Crippen LogP contribution in [0.2, 0.25) is 5.22 Å². The minimum absolute atomic E-state index is 0.418. The molecule has 1 unspecified atom stereocenters.